The summed E-state index contributed by atoms with van der Waals surface area (Å²) in [5.41, 5.74) is 3.89. The highest BCUT2D eigenvalue weighted by Crippen LogP contribution is 2.31. The molecule has 1 amide bonds. The molecule has 3 aromatic carbocycles. The number of anilines is 1. The van der Waals surface area contributed by atoms with Gasteiger partial charge in [-0.2, -0.15) is 0 Å². The molecule has 0 fully saturated rings. The molecule has 0 unspecified atom stereocenters. The summed E-state index contributed by atoms with van der Waals surface area (Å²) >= 11 is 11.9. The van der Waals surface area contributed by atoms with Crippen molar-refractivity contribution >= 4 is 46.3 Å². The molecule has 174 valence electrons. The fourth-order valence-electron chi connectivity index (χ4n) is 4.04. The Morgan fingerprint density at radius 3 is 2.53 bits per heavy atom. The van der Waals surface area contributed by atoms with Gasteiger partial charge in [0.1, 0.15) is 5.75 Å². The third-order valence-corrected chi connectivity index (χ3v) is 6.38. The minimum atomic E-state index is -0.345. The van der Waals surface area contributed by atoms with Gasteiger partial charge in [0.15, 0.2) is 5.78 Å². The molecular formula is C27H24Cl2N2O3. The van der Waals surface area contributed by atoms with Crippen molar-refractivity contribution in [1.82, 2.24) is 0 Å². The van der Waals surface area contributed by atoms with E-state index in [9.17, 15) is 9.59 Å². The maximum atomic E-state index is 13.2. The van der Waals surface area contributed by atoms with Crippen molar-refractivity contribution in [2.24, 2.45) is 4.99 Å². The van der Waals surface area contributed by atoms with Gasteiger partial charge < -0.3 is 10.1 Å². The van der Waals surface area contributed by atoms with Gasteiger partial charge in [-0.25, -0.2) is 0 Å². The molecule has 1 N–H and O–H groups in total. The number of amides is 1. The number of halogens is 2. The van der Waals surface area contributed by atoms with Crippen LogP contribution in [0.3, 0.4) is 0 Å². The number of methoxy groups -OCH3 is 1. The zero-order valence-corrected chi connectivity index (χ0v) is 20.6. The molecule has 34 heavy (non-hydrogen) atoms. The van der Waals surface area contributed by atoms with Crippen LogP contribution in [0.15, 0.2) is 65.7 Å². The van der Waals surface area contributed by atoms with Crippen molar-refractivity contribution < 1.29 is 14.3 Å². The third kappa shape index (κ3) is 5.32. The molecule has 1 heterocycles. The van der Waals surface area contributed by atoms with Crippen molar-refractivity contribution in [2.45, 2.75) is 32.2 Å². The Bertz CT molecular complexity index is 1310. The Morgan fingerprint density at radius 2 is 1.79 bits per heavy atom. The number of Topliss-reactive ketones (excluding diaryl/α,β-unsaturated/α-hetero) is 1. The number of rotatable bonds is 6. The third-order valence-electron chi connectivity index (χ3n) is 5.64. The number of aliphatic imine (C=N–C) groups is 1. The predicted octanol–water partition coefficient (Wildman–Crippen LogP) is 6.65. The molecule has 0 saturated heterocycles. The standard InChI is InChI=1S/C27H24Cl2N2O3/c1-27(2)15-18-7-9-20(34-3)13-21(18)24(31-27)14-25(32)16-5-4-6-19(11-16)30-26(33)17-8-10-22(28)23(29)12-17/h4-13H,14-15H2,1-3H3,(H,30,33). The highest BCUT2D eigenvalue weighted by molar-refractivity contribution is 6.42. The molecule has 5 nitrogen and oxygen atoms in total. The summed E-state index contributed by atoms with van der Waals surface area (Å²) in [5, 5.41) is 3.48. The van der Waals surface area contributed by atoms with Crippen LogP contribution in [0, 0.1) is 0 Å². The number of ether oxygens (including phenoxy) is 1. The lowest BCUT2D eigenvalue weighted by Gasteiger charge is -2.29. The lowest BCUT2D eigenvalue weighted by Crippen LogP contribution is -2.30. The number of nitrogens with one attached hydrogen (secondary N) is 1. The lowest BCUT2D eigenvalue weighted by molar-refractivity contribution is 0.0996. The average molecular weight is 495 g/mol. The zero-order valence-electron chi connectivity index (χ0n) is 19.1. The van der Waals surface area contributed by atoms with Crippen molar-refractivity contribution in [3.05, 3.63) is 93.0 Å². The van der Waals surface area contributed by atoms with E-state index in [1.54, 1.807) is 43.5 Å². The summed E-state index contributed by atoms with van der Waals surface area (Å²) in [6.45, 7) is 4.12. The van der Waals surface area contributed by atoms with Crippen LogP contribution in [0.2, 0.25) is 10.0 Å². The van der Waals surface area contributed by atoms with E-state index < -0.39 is 0 Å². The second-order valence-electron chi connectivity index (χ2n) is 8.83. The zero-order chi connectivity index (χ0) is 24.5. The van der Waals surface area contributed by atoms with E-state index >= 15 is 0 Å². The smallest absolute Gasteiger partial charge is 0.255 e. The number of hydrogen-bond acceptors (Lipinski definition) is 4. The molecule has 1 aliphatic heterocycles. The van der Waals surface area contributed by atoms with E-state index in [0.29, 0.717) is 26.9 Å². The molecule has 0 aliphatic carbocycles. The molecule has 0 radical (unpaired) electrons. The Hall–Kier alpha value is -3.15. The monoisotopic (exact) mass is 494 g/mol. The number of fused-ring (bicyclic) bond motifs is 1. The number of carbonyl (C=O) groups excluding carboxylic acids is 2. The van der Waals surface area contributed by atoms with Crippen LogP contribution in [-0.4, -0.2) is 30.1 Å². The minimum absolute atomic E-state index is 0.0872. The summed E-state index contributed by atoms with van der Waals surface area (Å²) in [4.78, 5) is 30.7. The quantitative estimate of drug-likeness (QED) is 0.390. The fourth-order valence-corrected chi connectivity index (χ4v) is 4.33. The Labute approximate surface area is 208 Å². The Balaban J connectivity index is 1.55. The van der Waals surface area contributed by atoms with Crippen molar-refractivity contribution in [1.29, 1.82) is 0 Å². The van der Waals surface area contributed by atoms with Crippen LogP contribution >= 0.6 is 23.2 Å². The highest BCUT2D eigenvalue weighted by Gasteiger charge is 2.28. The fraction of sp³-hybridized carbons (Fsp3) is 0.222. The lowest BCUT2D eigenvalue weighted by atomic mass is 9.85. The van der Waals surface area contributed by atoms with E-state index in [2.05, 4.69) is 19.2 Å². The van der Waals surface area contributed by atoms with Crippen LogP contribution in [0.1, 0.15) is 52.1 Å². The molecular weight excluding hydrogens is 471 g/mol. The first-order valence-electron chi connectivity index (χ1n) is 10.8. The molecule has 7 heteroatoms. The second-order valence-corrected chi connectivity index (χ2v) is 9.65. The van der Waals surface area contributed by atoms with Crippen LogP contribution in [0.4, 0.5) is 5.69 Å². The number of nitrogens with zero attached hydrogens (tertiary/aromatic N) is 1. The van der Waals surface area contributed by atoms with Crippen molar-refractivity contribution in [3.63, 3.8) is 0 Å². The first-order chi connectivity index (χ1) is 16.1. The van der Waals surface area contributed by atoms with Crippen LogP contribution in [-0.2, 0) is 6.42 Å². The van der Waals surface area contributed by atoms with Crippen LogP contribution in [0.5, 0.6) is 5.75 Å². The van der Waals surface area contributed by atoms with E-state index in [4.69, 9.17) is 32.9 Å². The first kappa shape index (κ1) is 24.0. The summed E-state index contributed by atoms with van der Waals surface area (Å²) in [5.74, 6) is 0.295. The molecule has 3 aromatic rings. The van der Waals surface area contributed by atoms with E-state index in [1.807, 2.05) is 18.2 Å². The second kappa shape index (κ2) is 9.61. The summed E-state index contributed by atoms with van der Waals surface area (Å²) in [6, 6.07) is 17.4. The average Bonchev–Trinajstić information content (AvgIpc) is 2.80. The van der Waals surface area contributed by atoms with E-state index in [1.165, 1.54) is 6.07 Å². The van der Waals surface area contributed by atoms with Gasteiger partial charge in [0, 0.05) is 22.4 Å². The normalized spacial score (nSPS) is 14.1. The van der Waals surface area contributed by atoms with Crippen LogP contribution < -0.4 is 10.1 Å². The Kier molecular flexibility index (Phi) is 6.78. The van der Waals surface area contributed by atoms with Crippen molar-refractivity contribution in [3.8, 4) is 5.75 Å². The highest BCUT2D eigenvalue weighted by atomic mass is 35.5. The van der Waals surface area contributed by atoms with Gasteiger partial charge in [0.25, 0.3) is 5.91 Å². The molecule has 0 spiro atoms. The molecule has 0 atom stereocenters. The van der Waals surface area contributed by atoms with Gasteiger partial charge in [-0.3, -0.25) is 14.6 Å². The maximum Gasteiger partial charge on any atom is 0.255 e. The maximum absolute atomic E-state index is 13.2. The summed E-state index contributed by atoms with van der Waals surface area (Å²) < 4.78 is 5.38. The molecule has 0 aromatic heterocycles. The van der Waals surface area contributed by atoms with Gasteiger partial charge in [-0.15, -0.1) is 0 Å². The number of hydrogen-bond donors (Lipinski definition) is 1. The van der Waals surface area contributed by atoms with Gasteiger partial charge in [-0.1, -0.05) is 41.4 Å². The largest absolute Gasteiger partial charge is 0.497 e. The molecule has 0 saturated carbocycles. The van der Waals surface area contributed by atoms with Crippen LogP contribution in [0.25, 0.3) is 0 Å². The number of ketones is 1. The summed E-state index contributed by atoms with van der Waals surface area (Å²) in [6.07, 6.45) is 0.939. The molecule has 1 aliphatic rings. The molecule has 0 bridgehead atoms. The molecule has 4 rings (SSSR count). The van der Waals surface area contributed by atoms with Gasteiger partial charge in [0.05, 0.1) is 34.8 Å². The SMILES string of the molecule is COc1ccc2c(c1)C(CC(=O)c1cccc(NC(=O)c3ccc(Cl)c(Cl)c3)c1)=NC(C)(C)C2. The number of benzene rings is 3. The predicted molar refractivity (Wildman–Crippen MR) is 137 cm³/mol. The van der Waals surface area contributed by atoms with Gasteiger partial charge in [0.2, 0.25) is 0 Å². The van der Waals surface area contributed by atoms with Gasteiger partial charge in [-0.05, 0) is 68.3 Å². The summed E-state index contributed by atoms with van der Waals surface area (Å²) in [7, 11) is 1.62. The number of carbonyl (C=O) groups is 2. The first-order valence-corrected chi connectivity index (χ1v) is 11.6. The van der Waals surface area contributed by atoms with E-state index in [0.717, 1.165) is 29.0 Å². The minimum Gasteiger partial charge on any atom is -0.497 e. The van der Waals surface area contributed by atoms with E-state index in [-0.39, 0.29) is 23.7 Å². The van der Waals surface area contributed by atoms with Gasteiger partial charge >= 0.3 is 0 Å². The van der Waals surface area contributed by atoms with Crippen molar-refractivity contribution in [2.75, 3.05) is 12.4 Å². The topological polar surface area (TPSA) is 67.8 Å². The Morgan fingerprint density at radius 1 is 1.00 bits per heavy atom.